The molecule has 2 aromatic heterocycles. The van der Waals surface area contributed by atoms with Crippen molar-refractivity contribution in [3.05, 3.63) is 74.8 Å². The Morgan fingerprint density at radius 3 is 2.39 bits per heavy atom. The van der Waals surface area contributed by atoms with E-state index >= 15 is 0 Å². The summed E-state index contributed by atoms with van der Waals surface area (Å²) >= 11 is 0. The molecule has 3 heterocycles. The Labute approximate surface area is 272 Å². The van der Waals surface area contributed by atoms with Gasteiger partial charge in [-0.05, 0) is 112 Å². The third kappa shape index (κ3) is 7.04. The van der Waals surface area contributed by atoms with Gasteiger partial charge in [-0.25, -0.2) is 4.98 Å². The second-order valence-electron chi connectivity index (χ2n) is 13.5. The van der Waals surface area contributed by atoms with E-state index in [9.17, 15) is 14.4 Å². The topological polar surface area (TPSA) is 102 Å². The highest BCUT2D eigenvalue weighted by Crippen LogP contribution is 2.35. The molecule has 46 heavy (non-hydrogen) atoms. The van der Waals surface area contributed by atoms with Crippen molar-refractivity contribution >= 4 is 23.3 Å². The zero-order valence-electron chi connectivity index (χ0n) is 27.8. The number of amides is 2. The molecule has 2 aliphatic carbocycles. The van der Waals surface area contributed by atoms with Crippen molar-refractivity contribution < 1.29 is 9.59 Å². The number of hydrogen-bond donors (Lipinski definition) is 2. The molecule has 2 amide bonds. The van der Waals surface area contributed by atoms with Gasteiger partial charge in [0.25, 0.3) is 11.5 Å². The number of carbonyl (C=O) groups excluding carboxylic acids is 2. The number of nitrogens with zero attached hydrogens (tertiary/aromatic N) is 4. The Kier molecular flexibility index (Phi) is 9.59. The molecule has 9 heteroatoms. The van der Waals surface area contributed by atoms with Crippen LogP contribution in [0.15, 0.2) is 41.3 Å². The molecule has 0 atom stereocenters. The Bertz CT molecular complexity index is 1650. The van der Waals surface area contributed by atoms with Crippen molar-refractivity contribution in [1.82, 2.24) is 20.2 Å². The Balaban J connectivity index is 1.32. The van der Waals surface area contributed by atoms with E-state index in [-0.39, 0.29) is 29.8 Å². The molecular formula is C37H48N6O3. The molecule has 6 rings (SSSR count). The highest BCUT2D eigenvalue weighted by atomic mass is 16.2. The molecular weight excluding hydrogens is 576 g/mol. The van der Waals surface area contributed by atoms with Crippen LogP contribution < -0.4 is 20.7 Å². The summed E-state index contributed by atoms with van der Waals surface area (Å²) in [6, 6.07) is 9.98. The second-order valence-corrected chi connectivity index (χ2v) is 13.5. The average molecular weight is 625 g/mol. The first kappa shape index (κ1) is 32.0. The molecule has 1 saturated heterocycles. The number of carbonyl (C=O) groups is 2. The van der Waals surface area contributed by atoms with Crippen LogP contribution in [-0.2, 0) is 11.3 Å². The van der Waals surface area contributed by atoms with Crippen LogP contribution in [0.3, 0.4) is 0 Å². The standard InChI is InChI=1S/C37H48N6O3/c1-5-43(37(46)28-8-6-7-9-28)33-20-30(19-31(26(33)4)35(44)39-22-32-24(2)18-25(3)40-36(32)45)29-12-13-38-34(21-29)42-16-14-41(15-17-42)23-27-10-11-27/h12-13,18-21,27-28H,5-11,14-17,22-23H2,1-4H3,(H,39,44)(H,40,45). The fraction of sp³-hybridized carbons (Fsp3) is 0.514. The van der Waals surface area contributed by atoms with Crippen molar-refractivity contribution in [3.63, 3.8) is 0 Å². The smallest absolute Gasteiger partial charge is 0.253 e. The fourth-order valence-corrected chi connectivity index (χ4v) is 7.18. The Morgan fingerprint density at radius 1 is 0.978 bits per heavy atom. The number of rotatable bonds is 10. The molecule has 0 spiro atoms. The number of pyridine rings is 2. The van der Waals surface area contributed by atoms with Crippen LogP contribution in [-0.4, -0.2) is 66.0 Å². The minimum absolute atomic E-state index is 0.0163. The summed E-state index contributed by atoms with van der Waals surface area (Å²) in [5.74, 6) is 1.70. The van der Waals surface area contributed by atoms with Crippen molar-refractivity contribution in [3.8, 4) is 11.1 Å². The molecule has 0 bridgehead atoms. The van der Waals surface area contributed by atoms with Gasteiger partial charge >= 0.3 is 0 Å². The maximum Gasteiger partial charge on any atom is 0.253 e. The van der Waals surface area contributed by atoms with E-state index in [1.807, 2.05) is 57.0 Å². The Hall–Kier alpha value is -3.98. The lowest BCUT2D eigenvalue weighted by molar-refractivity contribution is -0.122. The number of H-pyrrole nitrogens is 1. The molecule has 244 valence electrons. The van der Waals surface area contributed by atoms with E-state index in [0.29, 0.717) is 17.7 Å². The first-order valence-electron chi connectivity index (χ1n) is 17.1. The fourth-order valence-electron chi connectivity index (χ4n) is 7.18. The van der Waals surface area contributed by atoms with Crippen molar-refractivity contribution in [2.75, 3.05) is 49.1 Å². The lowest BCUT2D eigenvalue weighted by Crippen LogP contribution is -2.47. The van der Waals surface area contributed by atoms with Gasteiger partial charge < -0.3 is 20.1 Å². The number of anilines is 2. The molecule has 2 N–H and O–H groups in total. The van der Waals surface area contributed by atoms with E-state index in [4.69, 9.17) is 4.98 Å². The van der Waals surface area contributed by atoms with Gasteiger partial charge in [-0.15, -0.1) is 0 Å². The van der Waals surface area contributed by atoms with E-state index in [1.165, 1.54) is 19.4 Å². The van der Waals surface area contributed by atoms with Gasteiger partial charge in [0.2, 0.25) is 5.91 Å². The Morgan fingerprint density at radius 2 is 1.72 bits per heavy atom. The lowest BCUT2D eigenvalue weighted by atomic mass is 9.96. The molecule has 1 aromatic carbocycles. The molecule has 1 aliphatic heterocycles. The van der Waals surface area contributed by atoms with Gasteiger partial charge in [0.15, 0.2) is 0 Å². The van der Waals surface area contributed by atoms with Crippen LogP contribution >= 0.6 is 0 Å². The zero-order chi connectivity index (χ0) is 32.4. The number of hydrogen-bond acceptors (Lipinski definition) is 6. The first-order valence-corrected chi connectivity index (χ1v) is 17.1. The number of aryl methyl sites for hydroxylation is 2. The lowest BCUT2D eigenvalue weighted by Gasteiger charge is -2.35. The SMILES string of the molecule is CCN(C(=O)C1CCCC1)c1cc(-c2ccnc(N3CCN(CC4CC4)CC3)c2)cc(C(=O)NCc2c(C)cc(C)[nH]c2=O)c1C. The number of aromatic nitrogens is 2. The van der Waals surface area contributed by atoms with Crippen molar-refractivity contribution in [1.29, 1.82) is 0 Å². The third-order valence-electron chi connectivity index (χ3n) is 10.1. The van der Waals surface area contributed by atoms with E-state index < -0.39 is 0 Å². The maximum atomic E-state index is 13.9. The summed E-state index contributed by atoms with van der Waals surface area (Å²) in [7, 11) is 0. The molecule has 3 aliphatic rings. The molecule has 3 aromatic rings. The molecule has 0 unspecified atom stereocenters. The minimum Gasteiger partial charge on any atom is -0.354 e. The number of piperazine rings is 1. The largest absolute Gasteiger partial charge is 0.354 e. The van der Waals surface area contributed by atoms with Gasteiger partial charge in [-0.3, -0.25) is 19.3 Å². The van der Waals surface area contributed by atoms with Gasteiger partial charge in [0, 0.05) is 80.4 Å². The molecule has 2 saturated carbocycles. The zero-order valence-corrected chi connectivity index (χ0v) is 27.8. The normalized spacial score (nSPS) is 17.3. The second kappa shape index (κ2) is 13.8. The first-order chi connectivity index (χ1) is 22.2. The van der Waals surface area contributed by atoms with Crippen LogP contribution in [0.5, 0.6) is 0 Å². The highest BCUT2D eigenvalue weighted by Gasteiger charge is 2.30. The quantitative estimate of drug-likeness (QED) is 0.315. The summed E-state index contributed by atoms with van der Waals surface area (Å²) < 4.78 is 0. The van der Waals surface area contributed by atoms with E-state index in [0.717, 1.165) is 97.2 Å². The summed E-state index contributed by atoms with van der Waals surface area (Å²) in [6.07, 6.45) is 8.55. The van der Waals surface area contributed by atoms with E-state index in [1.54, 1.807) is 0 Å². The third-order valence-corrected chi connectivity index (χ3v) is 10.1. The van der Waals surface area contributed by atoms with Gasteiger partial charge in [0.05, 0.1) is 0 Å². The maximum absolute atomic E-state index is 13.9. The predicted octanol–water partition coefficient (Wildman–Crippen LogP) is 5.37. The molecule has 0 radical (unpaired) electrons. The average Bonchev–Trinajstić information content (AvgIpc) is 3.69. The van der Waals surface area contributed by atoms with Gasteiger partial charge in [-0.1, -0.05) is 12.8 Å². The van der Waals surface area contributed by atoms with Crippen LogP contribution in [0, 0.1) is 32.6 Å². The number of benzene rings is 1. The predicted molar refractivity (Wildman–Crippen MR) is 183 cm³/mol. The monoisotopic (exact) mass is 624 g/mol. The molecule has 9 nitrogen and oxygen atoms in total. The minimum atomic E-state index is -0.273. The summed E-state index contributed by atoms with van der Waals surface area (Å²) in [5.41, 5.74) is 5.80. The molecule has 3 fully saturated rings. The van der Waals surface area contributed by atoms with Crippen molar-refractivity contribution in [2.24, 2.45) is 11.8 Å². The summed E-state index contributed by atoms with van der Waals surface area (Å²) in [5, 5.41) is 3.00. The highest BCUT2D eigenvalue weighted by molar-refractivity contribution is 6.02. The van der Waals surface area contributed by atoms with Gasteiger partial charge in [0.1, 0.15) is 5.82 Å². The van der Waals surface area contributed by atoms with Crippen LogP contribution in [0.2, 0.25) is 0 Å². The number of aromatic amines is 1. The van der Waals surface area contributed by atoms with Crippen LogP contribution in [0.25, 0.3) is 11.1 Å². The van der Waals surface area contributed by atoms with E-state index in [2.05, 4.69) is 32.2 Å². The van der Waals surface area contributed by atoms with Crippen LogP contribution in [0.4, 0.5) is 11.5 Å². The van der Waals surface area contributed by atoms with Gasteiger partial charge in [-0.2, -0.15) is 0 Å². The number of nitrogens with one attached hydrogen (secondary N) is 2. The van der Waals surface area contributed by atoms with Crippen molar-refractivity contribution in [2.45, 2.75) is 72.8 Å². The summed E-state index contributed by atoms with van der Waals surface area (Å²) in [4.78, 5) is 54.7. The summed E-state index contributed by atoms with van der Waals surface area (Å²) in [6.45, 7) is 13.5. The van der Waals surface area contributed by atoms with Crippen LogP contribution in [0.1, 0.15) is 78.2 Å².